The van der Waals surface area contributed by atoms with Gasteiger partial charge in [0.25, 0.3) is 11.5 Å². The van der Waals surface area contributed by atoms with Crippen molar-refractivity contribution in [3.05, 3.63) is 82.3 Å². The van der Waals surface area contributed by atoms with Crippen LogP contribution in [0.5, 0.6) is 0 Å². The molecule has 0 unspecified atom stereocenters. The first-order valence-corrected chi connectivity index (χ1v) is 9.69. The quantitative estimate of drug-likeness (QED) is 0.694. The van der Waals surface area contributed by atoms with Gasteiger partial charge in [-0.3, -0.25) is 9.59 Å². The minimum atomic E-state index is -4.41. The van der Waals surface area contributed by atoms with Crippen LogP contribution in [0.15, 0.2) is 65.6 Å². The summed E-state index contributed by atoms with van der Waals surface area (Å²) in [6.45, 7) is 1.30. The molecule has 160 valence electrons. The number of H-pyrrole nitrogens is 1. The fraction of sp³-hybridized carbons (Fsp3) is 0.227. The van der Waals surface area contributed by atoms with Crippen molar-refractivity contribution >= 4 is 11.6 Å². The van der Waals surface area contributed by atoms with Gasteiger partial charge in [-0.25, -0.2) is 4.98 Å². The Morgan fingerprint density at radius 2 is 1.68 bits per heavy atom. The predicted octanol–water partition coefficient (Wildman–Crippen LogP) is 3.42. The van der Waals surface area contributed by atoms with Crippen LogP contribution in [0.2, 0.25) is 0 Å². The molecule has 2 aromatic carbocycles. The molecule has 0 radical (unpaired) electrons. The normalized spacial score (nSPS) is 14.5. The summed E-state index contributed by atoms with van der Waals surface area (Å²) in [6.07, 6.45) is -3.14. The Morgan fingerprint density at radius 1 is 0.968 bits per heavy atom. The summed E-state index contributed by atoms with van der Waals surface area (Å²) < 4.78 is 38.9. The molecule has 1 aromatic heterocycles. The van der Waals surface area contributed by atoms with Crippen LogP contribution in [0, 0.1) is 0 Å². The first kappa shape index (κ1) is 20.6. The number of piperazine rings is 1. The Bertz CT molecular complexity index is 1140. The third-order valence-electron chi connectivity index (χ3n) is 5.18. The Balaban J connectivity index is 1.45. The number of hydrogen-bond donors (Lipinski definition) is 1. The van der Waals surface area contributed by atoms with E-state index in [0.717, 1.165) is 17.7 Å². The van der Waals surface area contributed by atoms with Gasteiger partial charge in [-0.2, -0.15) is 13.2 Å². The third-order valence-corrected chi connectivity index (χ3v) is 5.18. The zero-order valence-corrected chi connectivity index (χ0v) is 16.4. The van der Waals surface area contributed by atoms with Crippen molar-refractivity contribution in [2.75, 3.05) is 31.1 Å². The van der Waals surface area contributed by atoms with Gasteiger partial charge in [0.2, 0.25) is 0 Å². The summed E-state index contributed by atoms with van der Waals surface area (Å²) in [4.78, 5) is 35.4. The Kier molecular flexibility index (Phi) is 5.50. The number of nitrogens with zero attached hydrogens (tertiary/aromatic N) is 3. The number of hydrogen-bond acceptors (Lipinski definition) is 4. The lowest BCUT2D eigenvalue weighted by Crippen LogP contribution is -2.49. The second kappa shape index (κ2) is 8.25. The smallest absolute Gasteiger partial charge is 0.368 e. The molecular formula is C22H19F3N4O2. The summed E-state index contributed by atoms with van der Waals surface area (Å²) >= 11 is 0. The maximum Gasteiger partial charge on any atom is 0.416 e. The first-order chi connectivity index (χ1) is 14.8. The topological polar surface area (TPSA) is 69.3 Å². The summed E-state index contributed by atoms with van der Waals surface area (Å²) in [5, 5.41) is 0. The molecule has 6 nitrogen and oxygen atoms in total. The number of anilines is 1. The maximum absolute atomic E-state index is 13.0. The highest BCUT2D eigenvalue weighted by molar-refractivity contribution is 5.93. The number of alkyl halides is 3. The second-order valence-electron chi connectivity index (χ2n) is 7.17. The van der Waals surface area contributed by atoms with Crippen molar-refractivity contribution < 1.29 is 18.0 Å². The standard InChI is InChI=1S/C22H19F3N4O2/c23-22(24,25)16-7-4-8-17(13-16)28-9-11-29(12-10-28)21(31)18-14-26-19(27-20(18)30)15-5-2-1-3-6-15/h1-8,13-14H,9-12H2,(H,26,27,30). The van der Waals surface area contributed by atoms with Crippen LogP contribution in [0.1, 0.15) is 15.9 Å². The number of carbonyl (C=O) groups excluding carboxylic acids is 1. The van der Waals surface area contributed by atoms with Crippen LogP contribution in [0.4, 0.5) is 18.9 Å². The lowest BCUT2D eigenvalue weighted by Gasteiger charge is -2.36. The highest BCUT2D eigenvalue weighted by Crippen LogP contribution is 2.31. The Hall–Kier alpha value is -3.62. The second-order valence-corrected chi connectivity index (χ2v) is 7.17. The molecule has 1 saturated heterocycles. The number of aromatic amines is 1. The fourth-order valence-electron chi connectivity index (χ4n) is 3.51. The van der Waals surface area contributed by atoms with Crippen molar-refractivity contribution in [3.8, 4) is 11.4 Å². The van der Waals surface area contributed by atoms with Crippen molar-refractivity contribution in [1.29, 1.82) is 0 Å². The van der Waals surface area contributed by atoms with Gasteiger partial charge in [-0.15, -0.1) is 0 Å². The summed E-state index contributed by atoms with van der Waals surface area (Å²) in [6, 6.07) is 14.2. The van der Waals surface area contributed by atoms with Crippen LogP contribution < -0.4 is 10.5 Å². The minimum Gasteiger partial charge on any atom is -0.368 e. The molecule has 1 aliphatic rings. The molecule has 2 heterocycles. The maximum atomic E-state index is 13.0. The monoisotopic (exact) mass is 428 g/mol. The molecule has 31 heavy (non-hydrogen) atoms. The Labute approximate surface area is 176 Å². The van der Waals surface area contributed by atoms with Crippen molar-refractivity contribution in [2.24, 2.45) is 0 Å². The first-order valence-electron chi connectivity index (χ1n) is 9.69. The van der Waals surface area contributed by atoms with E-state index in [1.807, 2.05) is 18.2 Å². The molecule has 9 heteroatoms. The number of aromatic nitrogens is 2. The number of carbonyl (C=O) groups is 1. The molecule has 0 bridgehead atoms. The molecular weight excluding hydrogens is 409 g/mol. The van der Waals surface area contributed by atoms with Gasteiger partial charge in [0.1, 0.15) is 11.4 Å². The molecule has 0 spiro atoms. The largest absolute Gasteiger partial charge is 0.416 e. The van der Waals surface area contributed by atoms with Crippen LogP contribution in [0.25, 0.3) is 11.4 Å². The van der Waals surface area contributed by atoms with Crippen LogP contribution in [-0.4, -0.2) is 47.0 Å². The highest BCUT2D eigenvalue weighted by Gasteiger charge is 2.31. The van der Waals surface area contributed by atoms with Crippen LogP contribution >= 0.6 is 0 Å². The third kappa shape index (κ3) is 4.45. The summed E-state index contributed by atoms with van der Waals surface area (Å²) in [7, 11) is 0. The van der Waals surface area contributed by atoms with Gasteiger partial charge in [0.05, 0.1) is 5.56 Å². The molecule has 0 saturated carbocycles. The average Bonchev–Trinajstić information content (AvgIpc) is 2.79. The van der Waals surface area contributed by atoms with E-state index in [9.17, 15) is 22.8 Å². The minimum absolute atomic E-state index is 0.0628. The fourth-order valence-corrected chi connectivity index (χ4v) is 3.51. The van der Waals surface area contributed by atoms with E-state index < -0.39 is 23.2 Å². The van der Waals surface area contributed by atoms with E-state index >= 15 is 0 Å². The molecule has 1 N–H and O–H groups in total. The van der Waals surface area contributed by atoms with E-state index in [1.54, 1.807) is 23.1 Å². The zero-order chi connectivity index (χ0) is 22.0. The van der Waals surface area contributed by atoms with E-state index in [2.05, 4.69) is 9.97 Å². The molecule has 1 aliphatic heterocycles. The summed E-state index contributed by atoms with van der Waals surface area (Å²) in [5.74, 6) is -0.0754. The number of benzene rings is 2. The van der Waals surface area contributed by atoms with Gasteiger partial charge in [0, 0.05) is 43.6 Å². The van der Waals surface area contributed by atoms with Gasteiger partial charge in [0.15, 0.2) is 0 Å². The van der Waals surface area contributed by atoms with Gasteiger partial charge in [-0.05, 0) is 18.2 Å². The van der Waals surface area contributed by atoms with E-state index in [-0.39, 0.29) is 18.7 Å². The molecule has 1 fully saturated rings. The highest BCUT2D eigenvalue weighted by atomic mass is 19.4. The molecule has 1 amide bonds. The zero-order valence-electron chi connectivity index (χ0n) is 16.4. The van der Waals surface area contributed by atoms with Crippen LogP contribution in [-0.2, 0) is 6.18 Å². The van der Waals surface area contributed by atoms with E-state index in [4.69, 9.17) is 0 Å². The van der Waals surface area contributed by atoms with Crippen molar-refractivity contribution in [2.45, 2.75) is 6.18 Å². The van der Waals surface area contributed by atoms with Crippen molar-refractivity contribution in [3.63, 3.8) is 0 Å². The lowest BCUT2D eigenvalue weighted by atomic mass is 10.1. The SMILES string of the molecule is O=C(c1cnc(-c2ccccc2)[nH]c1=O)N1CCN(c2cccc(C(F)(F)F)c2)CC1. The average molecular weight is 428 g/mol. The van der Waals surface area contributed by atoms with E-state index in [0.29, 0.717) is 24.6 Å². The molecule has 3 aromatic rings. The van der Waals surface area contributed by atoms with Crippen LogP contribution in [0.3, 0.4) is 0 Å². The molecule has 0 atom stereocenters. The number of nitrogens with one attached hydrogen (secondary N) is 1. The molecule has 4 rings (SSSR count). The van der Waals surface area contributed by atoms with Gasteiger partial charge < -0.3 is 14.8 Å². The van der Waals surface area contributed by atoms with Gasteiger partial charge in [-0.1, -0.05) is 36.4 Å². The Morgan fingerprint density at radius 3 is 2.32 bits per heavy atom. The van der Waals surface area contributed by atoms with Crippen molar-refractivity contribution in [1.82, 2.24) is 14.9 Å². The number of halogens is 3. The number of rotatable bonds is 3. The molecule has 0 aliphatic carbocycles. The summed E-state index contributed by atoms with van der Waals surface area (Å²) in [5.41, 5.74) is -0.118. The predicted molar refractivity (Wildman–Crippen MR) is 110 cm³/mol. The lowest BCUT2D eigenvalue weighted by molar-refractivity contribution is -0.137. The van der Waals surface area contributed by atoms with E-state index in [1.165, 1.54) is 17.2 Å². The van der Waals surface area contributed by atoms with Gasteiger partial charge >= 0.3 is 6.18 Å². The number of amides is 1.